The summed E-state index contributed by atoms with van der Waals surface area (Å²) in [6.07, 6.45) is 9.42. The molecule has 1 aliphatic heterocycles. The highest BCUT2D eigenvalue weighted by atomic mass is 15.2. The van der Waals surface area contributed by atoms with Crippen molar-refractivity contribution >= 4 is 61.3 Å². The summed E-state index contributed by atoms with van der Waals surface area (Å²) in [7, 11) is 0. The SMILES string of the molecule is Cc1ccccc1B1c2c(C(C)c3ccccc3)cc(-c3c4ccccc4c(-c4ccc5ccccc5c4)c4ccccc34)cc2N(c2ccccc2)C2C=CC=CC12. The molecule has 0 spiro atoms. The molecule has 0 amide bonds. The van der Waals surface area contributed by atoms with Crippen molar-refractivity contribution in [3.63, 3.8) is 0 Å². The average molecular weight is 754 g/mol. The van der Waals surface area contributed by atoms with Crippen molar-refractivity contribution in [3.8, 4) is 22.3 Å². The topological polar surface area (TPSA) is 3.24 Å². The van der Waals surface area contributed by atoms with Gasteiger partial charge < -0.3 is 4.90 Å². The molecule has 11 rings (SSSR count). The van der Waals surface area contributed by atoms with E-state index in [4.69, 9.17) is 0 Å². The summed E-state index contributed by atoms with van der Waals surface area (Å²) < 4.78 is 0. The monoisotopic (exact) mass is 753 g/mol. The highest BCUT2D eigenvalue weighted by Gasteiger charge is 2.45. The molecule has 0 bridgehead atoms. The Morgan fingerprint density at radius 2 is 1.08 bits per heavy atom. The molecule has 3 atom stereocenters. The first-order valence-corrected chi connectivity index (χ1v) is 21.0. The molecule has 2 heteroatoms. The maximum Gasteiger partial charge on any atom is 0.222 e. The molecule has 0 N–H and O–H groups in total. The van der Waals surface area contributed by atoms with Crippen LogP contribution in [0.15, 0.2) is 212 Å². The molecule has 0 saturated heterocycles. The van der Waals surface area contributed by atoms with Crippen LogP contribution in [-0.2, 0) is 0 Å². The minimum atomic E-state index is 0.137. The third kappa shape index (κ3) is 5.85. The van der Waals surface area contributed by atoms with Gasteiger partial charge in [0.2, 0.25) is 6.71 Å². The lowest BCUT2D eigenvalue weighted by Gasteiger charge is -2.47. The second-order valence-electron chi connectivity index (χ2n) is 16.4. The van der Waals surface area contributed by atoms with Crippen LogP contribution in [0, 0.1) is 6.92 Å². The number of hydrogen-bond donors (Lipinski definition) is 0. The van der Waals surface area contributed by atoms with Gasteiger partial charge in [0.05, 0.1) is 6.04 Å². The van der Waals surface area contributed by atoms with E-state index in [0.717, 1.165) is 0 Å². The van der Waals surface area contributed by atoms with Crippen molar-refractivity contribution in [3.05, 3.63) is 229 Å². The molecule has 9 aromatic rings. The number of aryl methyl sites for hydroxylation is 1. The Morgan fingerprint density at radius 3 is 1.78 bits per heavy atom. The zero-order valence-corrected chi connectivity index (χ0v) is 33.5. The summed E-state index contributed by atoms with van der Waals surface area (Å²) in [5.74, 6) is 0.382. The first kappa shape index (κ1) is 35.3. The van der Waals surface area contributed by atoms with Gasteiger partial charge in [-0.05, 0) is 108 Å². The lowest BCUT2D eigenvalue weighted by atomic mass is 9.29. The highest BCUT2D eigenvalue weighted by molar-refractivity contribution is 6.89. The van der Waals surface area contributed by atoms with Gasteiger partial charge in [-0.2, -0.15) is 0 Å². The molecule has 0 aromatic heterocycles. The summed E-state index contributed by atoms with van der Waals surface area (Å²) in [4.78, 5) is 2.65. The molecule has 2 aliphatic rings. The van der Waals surface area contributed by atoms with E-state index < -0.39 is 0 Å². The number of benzene rings is 9. The summed E-state index contributed by atoms with van der Waals surface area (Å²) in [5, 5.41) is 7.58. The van der Waals surface area contributed by atoms with Gasteiger partial charge >= 0.3 is 0 Å². The third-order valence-electron chi connectivity index (χ3n) is 13.2. The molecule has 59 heavy (non-hydrogen) atoms. The molecular weight excluding hydrogens is 709 g/mol. The van der Waals surface area contributed by atoms with Crippen molar-refractivity contribution in [2.24, 2.45) is 0 Å². The van der Waals surface area contributed by atoms with Crippen LogP contribution in [0.5, 0.6) is 0 Å². The van der Waals surface area contributed by atoms with E-state index in [0.29, 0.717) is 0 Å². The van der Waals surface area contributed by atoms with Crippen LogP contribution < -0.4 is 15.8 Å². The van der Waals surface area contributed by atoms with Crippen molar-refractivity contribution < 1.29 is 0 Å². The zero-order chi connectivity index (χ0) is 39.5. The van der Waals surface area contributed by atoms with Gasteiger partial charge in [-0.25, -0.2) is 0 Å². The van der Waals surface area contributed by atoms with Crippen LogP contribution in [0.3, 0.4) is 0 Å². The summed E-state index contributed by atoms with van der Waals surface area (Å²) in [5.41, 5.74) is 14.4. The largest absolute Gasteiger partial charge is 0.335 e. The van der Waals surface area contributed by atoms with E-state index in [9.17, 15) is 0 Å². The molecule has 1 nitrogen and oxygen atoms in total. The van der Waals surface area contributed by atoms with Gasteiger partial charge in [-0.1, -0.05) is 206 Å². The molecule has 1 heterocycles. The average Bonchev–Trinajstić information content (AvgIpc) is 3.30. The molecule has 3 unspecified atom stereocenters. The summed E-state index contributed by atoms with van der Waals surface area (Å²) >= 11 is 0. The lowest BCUT2D eigenvalue weighted by molar-refractivity contribution is 0.763. The lowest BCUT2D eigenvalue weighted by Crippen LogP contribution is -2.59. The van der Waals surface area contributed by atoms with E-state index >= 15 is 0 Å². The first-order chi connectivity index (χ1) is 29.1. The fourth-order valence-electron chi connectivity index (χ4n) is 10.4. The first-order valence-electron chi connectivity index (χ1n) is 21.0. The minimum Gasteiger partial charge on any atom is -0.335 e. The van der Waals surface area contributed by atoms with Crippen molar-refractivity contribution in [2.75, 3.05) is 4.90 Å². The van der Waals surface area contributed by atoms with Gasteiger partial charge in [0.1, 0.15) is 0 Å². The van der Waals surface area contributed by atoms with Crippen molar-refractivity contribution in [1.29, 1.82) is 0 Å². The maximum atomic E-state index is 2.65. The summed E-state index contributed by atoms with van der Waals surface area (Å²) in [6.45, 7) is 4.87. The Bertz CT molecular complexity index is 3050. The number of allylic oxidation sites excluding steroid dienone is 2. The maximum absolute atomic E-state index is 2.65. The van der Waals surface area contributed by atoms with E-state index in [2.05, 4.69) is 231 Å². The summed E-state index contributed by atoms with van der Waals surface area (Å²) in [6, 6.07) is 70.3. The predicted molar refractivity (Wildman–Crippen MR) is 254 cm³/mol. The Labute approximate surface area is 347 Å². The number of anilines is 2. The molecule has 9 aromatic carbocycles. The third-order valence-corrected chi connectivity index (χ3v) is 13.2. The predicted octanol–water partition coefficient (Wildman–Crippen LogP) is 13.6. The number of rotatable bonds is 6. The quantitative estimate of drug-likeness (QED) is 0.121. The number of nitrogens with zero attached hydrogens (tertiary/aromatic N) is 1. The fourth-order valence-corrected chi connectivity index (χ4v) is 10.4. The highest BCUT2D eigenvalue weighted by Crippen LogP contribution is 2.48. The van der Waals surface area contributed by atoms with Crippen LogP contribution >= 0.6 is 0 Å². The van der Waals surface area contributed by atoms with Crippen LogP contribution in [0.25, 0.3) is 54.6 Å². The molecule has 1 aliphatic carbocycles. The fraction of sp³-hybridized carbons (Fsp3) is 0.0877. The second-order valence-corrected chi connectivity index (χ2v) is 16.4. The van der Waals surface area contributed by atoms with Gasteiger partial charge in [-0.3, -0.25) is 0 Å². The Hall–Kier alpha value is -6.90. The van der Waals surface area contributed by atoms with Crippen LogP contribution in [0.1, 0.15) is 29.5 Å². The number of para-hydroxylation sites is 1. The van der Waals surface area contributed by atoms with Gasteiger partial charge in [-0.15, -0.1) is 0 Å². The van der Waals surface area contributed by atoms with Gasteiger partial charge in [0.25, 0.3) is 0 Å². The van der Waals surface area contributed by atoms with E-state index in [1.54, 1.807) is 0 Å². The Kier molecular flexibility index (Phi) is 8.66. The molecule has 0 fully saturated rings. The van der Waals surface area contributed by atoms with Crippen LogP contribution in [0.2, 0.25) is 5.82 Å². The van der Waals surface area contributed by atoms with Crippen molar-refractivity contribution in [2.45, 2.75) is 31.6 Å². The standard InChI is InChI=1S/C57H44BN/c1-38-19-9-16-30-51(38)58-52-31-17-18-32-53(52)59(45-24-7-4-8-25-45)54-37-44(36-50(57(54)58)39(2)40-20-5-3-6-21-40)56-48-28-14-12-26-46(48)55(47-27-13-15-29-49(47)56)43-34-33-41-22-10-11-23-42(41)35-43/h3-37,39,52-53H,1-2H3. The van der Waals surface area contributed by atoms with E-state index in [-0.39, 0.29) is 24.5 Å². The molecular formula is C57H44BN. The van der Waals surface area contributed by atoms with Gasteiger partial charge in [0.15, 0.2) is 0 Å². The minimum absolute atomic E-state index is 0.137. The Balaban J connectivity index is 1.26. The zero-order valence-electron chi connectivity index (χ0n) is 33.5. The molecule has 0 radical (unpaired) electrons. The normalized spacial score (nSPS) is 16.4. The van der Waals surface area contributed by atoms with E-state index in [1.807, 2.05) is 0 Å². The molecule has 0 saturated carbocycles. The molecule has 280 valence electrons. The van der Waals surface area contributed by atoms with E-state index in [1.165, 1.54) is 93.6 Å². The van der Waals surface area contributed by atoms with Crippen LogP contribution in [-0.4, -0.2) is 12.8 Å². The van der Waals surface area contributed by atoms with Gasteiger partial charge in [0, 0.05) is 17.3 Å². The second kappa shape index (κ2) is 14.5. The number of fused-ring (bicyclic) bond motifs is 5. The van der Waals surface area contributed by atoms with Crippen molar-refractivity contribution in [1.82, 2.24) is 0 Å². The Morgan fingerprint density at radius 1 is 0.508 bits per heavy atom. The smallest absolute Gasteiger partial charge is 0.222 e. The number of hydrogen-bond acceptors (Lipinski definition) is 1. The van der Waals surface area contributed by atoms with Crippen LogP contribution in [0.4, 0.5) is 11.4 Å².